The summed E-state index contributed by atoms with van der Waals surface area (Å²) in [6.45, 7) is 1.94. The van der Waals surface area contributed by atoms with Gasteiger partial charge in [-0.15, -0.1) is 0 Å². The minimum atomic E-state index is -4.57. The Hall–Kier alpha value is -0.830. The van der Waals surface area contributed by atoms with Crippen LogP contribution in [0.4, 0.5) is 13.2 Å². The quantitative estimate of drug-likeness (QED) is 0.886. The Kier molecular flexibility index (Phi) is 4.77. The Bertz CT molecular complexity index is 664. The molecule has 124 valence electrons. The first-order valence-corrected chi connectivity index (χ1v) is 8.49. The number of nitrogens with two attached hydrogens (primary N) is 1. The van der Waals surface area contributed by atoms with Crippen molar-refractivity contribution in [1.29, 1.82) is 0 Å². The molecular weight excluding hydrogens is 341 g/mol. The lowest BCUT2D eigenvalue weighted by Gasteiger charge is -2.35. The SMILES string of the molecule is C[C@H]1C[C@H](N)CCN1S(=O)(=O)c1ccc(C(F)(F)F)cc1Cl. The summed E-state index contributed by atoms with van der Waals surface area (Å²) in [4.78, 5) is -0.315. The summed E-state index contributed by atoms with van der Waals surface area (Å²) < 4.78 is 64.3. The maximum absolute atomic E-state index is 12.6. The standard InChI is InChI=1S/C13H16ClF3N2O2S/c1-8-6-10(18)4-5-19(8)22(20,21)12-3-2-9(7-11(12)14)13(15,16)17/h2-3,7-8,10H,4-6,18H2,1H3/t8-,10+/m0/s1. The highest BCUT2D eigenvalue weighted by atomic mass is 35.5. The molecule has 0 bridgehead atoms. The second-order valence-electron chi connectivity index (χ2n) is 5.39. The number of hydrogen-bond donors (Lipinski definition) is 1. The molecule has 9 heteroatoms. The monoisotopic (exact) mass is 356 g/mol. The Morgan fingerprint density at radius 2 is 2.00 bits per heavy atom. The largest absolute Gasteiger partial charge is 0.416 e. The van der Waals surface area contributed by atoms with Gasteiger partial charge in [0.2, 0.25) is 10.0 Å². The third-order valence-electron chi connectivity index (χ3n) is 3.70. The molecule has 2 N–H and O–H groups in total. The molecule has 1 aromatic carbocycles. The van der Waals surface area contributed by atoms with E-state index in [0.29, 0.717) is 18.9 Å². The van der Waals surface area contributed by atoms with E-state index in [2.05, 4.69) is 0 Å². The van der Waals surface area contributed by atoms with Crippen molar-refractivity contribution in [2.45, 2.75) is 42.9 Å². The van der Waals surface area contributed by atoms with E-state index in [4.69, 9.17) is 17.3 Å². The molecule has 1 aromatic rings. The van der Waals surface area contributed by atoms with Crippen molar-refractivity contribution in [1.82, 2.24) is 4.31 Å². The predicted octanol–water partition coefficient (Wildman–Crippen LogP) is 2.86. The lowest BCUT2D eigenvalue weighted by molar-refractivity contribution is -0.137. The number of hydrogen-bond acceptors (Lipinski definition) is 3. The van der Waals surface area contributed by atoms with Crippen LogP contribution in [-0.2, 0) is 16.2 Å². The van der Waals surface area contributed by atoms with Gasteiger partial charge in [-0.05, 0) is 38.0 Å². The molecular formula is C13H16ClF3N2O2S. The fraction of sp³-hybridized carbons (Fsp3) is 0.538. The van der Waals surface area contributed by atoms with Gasteiger partial charge in [0.05, 0.1) is 10.6 Å². The molecule has 1 saturated heterocycles. The maximum atomic E-state index is 12.6. The highest BCUT2D eigenvalue weighted by Gasteiger charge is 2.36. The van der Waals surface area contributed by atoms with E-state index in [1.807, 2.05) is 0 Å². The molecule has 0 amide bonds. The third-order valence-corrected chi connectivity index (χ3v) is 6.20. The van der Waals surface area contributed by atoms with Gasteiger partial charge in [0.15, 0.2) is 0 Å². The van der Waals surface area contributed by atoms with Crippen LogP contribution >= 0.6 is 11.6 Å². The number of benzene rings is 1. The summed E-state index contributed by atoms with van der Waals surface area (Å²) in [5.74, 6) is 0. The van der Waals surface area contributed by atoms with Crippen molar-refractivity contribution in [2.24, 2.45) is 5.73 Å². The van der Waals surface area contributed by atoms with Gasteiger partial charge in [0.1, 0.15) is 4.90 Å². The highest BCUT2D eigenvalue weighted by Crippen LogP contribution is 2.35. The van der Waals surface area contributed by atoms with E-state index >= 15 is 0 Å². The fourth-order valence-electron chi connectivity index (χ4n) is 2.56. The fourth-order valence-corrected chi connectivity index (χ4v) is 4.73. The second kappa shape index (κ2) is 5.99. The third kappa shape index (κ3) is 3.40. The summed E-state index contributed by atoms with van der Waals surface area (Å²) in [5, 5.41) is -0.433. The average Bonchev–Trinajstić information content (AvgIpc) is 2.36. The molecule has 0 spiro atoms. The van der Waals surface area contributed by atoms with Crippen molar-refractivity contribution in [2.75, 3.05) is 6.54 Å². The molecule has 0 aromatic heterocycles. The Morgan fingerprint density at radius 3 is 2.50 bits per heavy atom. The molecule has 0 aliphatic carbocycles. The zero-order chi connectivity index (χ0) is 16.7. The van der Waals surface area contributed by atoms with E-state index in [1.165, 1.54) is 4.31 Å². The van der Waals surface area contributed by atoms with E-state index in [0.717, 1.165) is 12.1 Å². The topological polar surface area (TPSA) is 63.4 Å². The van der Waals surface area contributed by atoms with Crippen molar-refractivity contribution >= 4 is 21.6 Å². The van der Waals surface area contributed by atoms with Crippen LogP contribution in [0.3, 0.4) is 0 Å². The summed E-state index contributed by atoms with van der Waals surface area (Å²) in [6, 6.07) is 1.85. The van der Waals surface area contributed by atoms with E-state index in [-0.39, 0.29) is 23.5 Å². The number of nitrogens with zero attached hydrogens (tertiary/aromatic N) is 1. The summed E-state index contributed by atoms with van der Waals surface area (Å²) in [5.41, 5.74) is 4.81. The van der Waals surface area contributed by atoms with Crippen molar-refractivity contribution in [3.63, 3.8) is 0 Å². The van der Waals surface area contributed by atoms with Crippen LogP contribution in [0.2, 0.25) is 5.02 Å². The normalized spacial score (nSPS) is 24.5. The average molecular weight is 357 g/mol. The van der Waals surface area contributed by atoms with Gasteiger partial charge in [-0.3, -0.25) is 0 Å². The smallest absolute Gasteiger partial charge is 0.328 e. The number of sulfonamides is 1. The molecule has 1 fully saturated rings. The van der Waals surface area contributed by atoms with Crippen molar-refractivity contribution < 1.29 is 21.6 Å². The second-order valence-corrected chi connectivity index (χ2v) is 7.66. The highest BCUT2D eigenvalue weighted by molar-refractivity contribution is 7.89. The van der Waals surface area contributed by atoms with Crippen molar-refractivity contribution in [3.8, 4) is 0 Å². The Labute approximate surface area is 132 Å². The summed E-state index contributed by atoms with van der Waals surface area (Å²) >= 11 is 5.79. The first-order valence-electron chi connectivity index (χ1n) is 6.67. The summed E-state index contributed by atoms with van der Waals surface area (Å²) in [7, 11) is -3.95. The molecule has 2 rings (SSSR count). The van der Waals surface area contributed by atoms with Gasteiger partial charge in [-0.25, -0.2) is 8.42 Å². The first-order chi connectivity index (χ1) is 10.0. The lowest BCUT2D eigenvalue weighted by atomic mass is 10.0. The lowest BCUT2D eigenvalue weighted by Crippen LogP contribution is -2.48. The molecule has 2 atom stereocenters. The zero-order valence-corrected chi connectivity index (χ0v) is 13.3. The number of rotatable bonds is 2. The molecule has 0 saturated carbocycles. The zero-order valence-electron chi connectivity index (χ0n) is 11.8. The molecule has 1 aliphatic rings. The maximum Gasteiger partial charge on any atom is 0.416 e. The van der Waals surface area contributed by atoms with Gasteiger partial charge in [0.25, 0.3) is 0 Å². The molecule has 4 nitrogen and oxygen atoms in total. The van der Waals surface area contributed by atoms with Gasteiger partial charge in [-0.2, -0.15) is 17.5 Å². The van der Waals surface area contributed by atoms with E-state index in [1.54, 1.807) is 6.92 Å². The minimum Gasteiger partial charge on any atom is -0.328 e. The van der Waals surface area contributed by atoms with Crippen LogP contribution in [-0.4, -0.2) is 31.4 Å². The molecule has 1 aliphatic heterocycles. The minimum absolute atomic E-state index is 0.0791. The van der Waals surface area contributed by atoms with Crippen LogP contribution in [0.5, 0.6) is 0 Å². The van der Waals surface area contributed by atoms with Crippen LogP contribution in [0.15, 0.2) is 23.1 Å². The number of alkyl halides is 3. The summed E-state index contributed by atoms with van der Waals surface area (Å²) in [6.07, 6.45) is -3.57. The van der Waals surface area contributed by atoms with Crippen LogP contribution < -0.4 is 5.73 Å². The molecule has 1 heterocycles. The van der Waals surface area contributed by atoms with Gasteiger partial charge >= 0.3 is 6.18 Å². The van der Waals surface area contributed by atoms with Gasteiger partial charge in [0, 0.05) is 18.6 Å². The predicted molar refractivity (Wildman–Crippen MR) is 77.0 cm³/mol. The number of piperidine rings is 1. The Morgan fingerprint density at radius 1 is 1.36 bits per heavy atom. The van der Waals surface area contributed by atoms with E-state index in [9.17, 15) is 21.6 Å². The van der Waals surface area contributed by atoms with Gasteiger partial charge in [-0.1, -0.05) is 11.6 Å². The van der Waals surface area contributed by atoms with Crippen LogP contribution in [0.25, 0.3) is 0 Å². The van der Waals surface area contributed by atoms with Crippen LogP contribution in [0, 0.1) is 0 Å². The van der Waals surface area contributed by atoms with Crippen molar-refractivity contribution in [3.05, 3.63) is 28.8 Å². The van der Waals surface area contributed by atoms with Crippen LogP contribution in [0.1, 0.15) is 25.3 Å². The number of halogens is 4. The molecule has 22 heavy (non-hydrogen) atoms. The van der Waals surface area contributed by atoms with Gasteiger partial charge < -0.3 is 5.73 Å². The first kappa shape index (κ1) is 17.5. The molecule has 0 unspecified atom stereocenters. The Balaban J connectivity index is 2.38. The molecule has 0 radical (unpaired) electrons. The van der Waals surface area contributed by atoms with E-state index < -0.39 is 26.8 Å².